The number of para-hydroxylation sites is 1. The summed E-state index contributed by atoms with van der Waals surface area (Å²) in [5.41, 5.74) is 6.53. The van der Waals surface area contributed by atoms with Gasteiger partial charge < -0.3 is 10.3 Å². The molecular weight excluding hydrogens is 332 g/mol. The number of nitrogens with one attached hydrogen (secondary N) is 4. The number of amides is 3. The number of aromatic nitrogens is 1. The standard InChI is InChI=1S/C19H18N4O3/c24-17(10-11-20-18(25)13-6-2-1-3-7-13)22-23-19(26)15-12-21-16-9-5-4-8-14(15)16/h1-9,12,21H,10-11H2,(H,20,25)(H,22,24)(H,23,26). The number of carbonyl (C=O) groups excluding carboxylic acids is 3. The molecule has 3 rings (SSSR count). The van der Waals surface area contributed by atoms with Crippen LogP contribution in [0.3, 0.4) is 0 Å². The van der Waals surface area contributed by atoms with Gasteiger partial charge in [-0.05, 0) is 18.2 Å². The van der Waals surface area contributed by atoms with E-state index in [1.807, 2.05) is 30.3 Å². The van der Waals surface area contributed by atoms with Gasteiger partial charge in [-0.3, -0.25) is 25.2 Å². The van der Waals surface area contributed by atoms with Crippen molar-refractivity contribution in [2.75, 3.05) is 6.54 Å². The maximum Gasteiger partial charge on any atom is 0.271 e. The summed E-state index contributed by atoms with van der Waals surface area (Å²) in [6.07, 6.45) is 1.64. The van der Waals surface area contributed by atoms with Crippen LogP contribution >= 0.6 is 0 Å². The number of H-pyrrole nitrogens is 1. The van der Waals surface area contributed by atoms with Crippen LogP contribution in [-0.2, 0) is 4.79 Å². The van der Waals surface area contributed by atoms with Crippen LogP contribution in [-0.4, -0.2) is 29.3 Å². The van der Waals surface area contributed by atoms with Gasteiger partial charge in [0.25, 0.3) is 11.8 Å². The molecule has 0 atom stereocenters. The van der Waals surface area contributed by atoms with Crippen LogP contribution in [0.1, 0.15) is 27.1 Å². The molecule has 0 spiro atoms. The van der Waals surface area contributed by atoms with Gasteiger partial charge in [0.1, 0.15) is 0 Å². The van der Waals surface area contributed by atoms with Crippen molar-refractivity contribution in [2.24, 2.45) is 0 Å². The van der Waals surface area contributed by atoms with Gasteiger partial charge in [0.2, 0.25) is 5.91 Å². The second-order valence-corrected chi connectivity index (χ2v) is 5.62. The zero-order valence-electron chi connectivity index (χ0n) is 13.9. The highest BCUT2D eigenvalue weighted by Gasteiger charge is 2.12. The lowest BCUT2D eigenvalue weighted by Gasteiger charge is -2.08. The Balaban J connectivity index is 1.44. The molecule has 132 valence electrons. The molecule has 7 nitrogen and oxygen atoms in total. The highest BCUT2D eigenvalue weighted by atomic mass is 16.2. The lowest BCUT2D eigenvalue weighted by molar-refractivity contribution is -0.121. The topological polar surface area (TPSA) is 103 Å². The number of hydrogen-bond donors (Lipinski definition) is 4. The Bertz CT molecular complexity index is 934. The van der Waals surface area contributed by atoms with Gasteiger partial charge in [-0.15, -0.1) is 0 Å². The Hall–Kier alpha value is -3.61. The van der Waals surface area contributed by atoms with E-state index in [0.717, 1.165) is 10.9 Å². The van der Waals surface area contributed by atoms with Gasteiger partial charge in [-0.1, -0.05) is 36.4 Å². The van der Waals surface area contributed by atoms with Crippen LogP contribution in [0.5, 0.6) is 0 Å². The first-order chi connectivity index (χ1) is 12.6. The quantitative estimate of drug-likeness (QED) is 0.527. The molecule has 0 aliphatic carbocycles. The van der Waals surface area contributed by atoms with E-state index in [1.54, 1.807) is 30.5 Å². The van der Waals surface area contributed by atoms with Crippen molar-refractivity contribution in [3.8, 4) is 0 Å². The predicted molar refractivity (Wildman–Crippen MR) is 97.3 cm³/mol. The average molecular weight is 350 g/mol. The molecular formula is C19H18N4O3. The molecule has 0 radical (unpaired) electrons. The van der Waals surface area contributed by atoms with E-state index in [-0.39, 0.29) is 18.9 Å². The van der Waals surface area contributed by atoms with Crippen LogP contribution in [0.2, 0.25) is 0 Å². The second kappa shape index (κ2) is 7.98. The van der Waals surface area contributed by atoms with E-state index >= 15 is 0 Å². The van der Waals surface area contributed by atoms with Crippen molar-refractivity contribution >= 4 is 28.6 Å². The fourth-order valence-corrected chi connectivity index (χ4v) is 2.50. The van der Waals surface area contributed by atoms with Crippen molar-refractivity contribution in [1.82, 2.24) is 21.2 Å². The number of carbonyl (C=O) groups is 3. The molecule has 3 aromatic rings. The smallest absolute Gasteiger partial charge is 0.271 e. The van der Waals surface area contributed by atoms with Gasteiger partial charge in [0, 0.05) is 35.6 Å². The third kappa shape index (κ3) is 4.07. The Morgan fingerprint density at radius 3 is 2.38 bits per heavy atom. The summed E-state index contributed by atoms with van der Waals surface area (Å²) in [5, 5.41) is 3.42. The van der Waals surface area contributed by atoms with E-state index in [9.17, 15) is 14.4 Å². The first-order valence-corrected chi connectivity index (χ1v) is 8.13. The van der Waals surface area contributed by atoms with Crippen LogP contribution < -0.4 is 16.2 Å². The number of hydrazine groups is 1. The Morgan fingerprint density at radius 2 is 1.58 bits per heavy atom. The lowest BCUT2D eigenvalue weighted by atomic mass is 10.2. The zero-order chi connectivity index (χ0) is 18.4. The number of hydrogen-bond acceptors (Lipinski definition) is 3. The molecule has 4 N–H and O–H groups in total. The van der Waals surface area contributed by atoms with Gasteiger partial charge in [0.05, 0.1) is 5.56 Å². The summed E-state index contributed by atoms with van der Waals surface area (Å²) in [6.45, 7) is 0.169. The van der Waals surface area contributed by atoms with Crippen LogP contribution in [0.4, 0.5) is 0 Å². The number of aromatic amines is 1. The largest absolute Gasteiger partial charge is 0.360 e. The molecule has 0 saturated heterocycles. The van der Waals surface area contributed by atoms with E-state index in [2.05, 4.69) is 21.2 Å². The van der Waals surface area contributed by atoms with Crippen LogP contribution in [0.25, 0.3) is 10.9 Å². The van der Waals surface area contributed by atoms with Gasteiger partial charge >= 0.3 is 0 Å². The van der Waals surface area contributed by atoms with Gasteiger partial charge in [-0.2, -0.15) is 0 Å². The van der Waals surface area contributed by atoms with Crippen LogP contribution in [0.15, 0.2) is 60.8 Å². The molecule has 2 aromatic carbocycles. The monoisotopic (exact) mass is 350 g/mol. The molecule has 0 saturated carbocycles. The van der Waals surface area contributed by atoms with Crippen molar-refractivity contribution in [1.29, 1.82) is 0 Å². The number of benzene rings is 2. The molecule has 0 bridgehead atoms. The van der Waals surface area contributed by atoms with Crippen molar-refractivity contribution in [3.05, 3.63) is 71.9 Å². The SMILES string of the molecule is O=C(CCNC(=O)c1ccccc1)NNC(=O)c1c[nH]c2ccccc12. The first kappa shape index (κ1) is 17.2. The van der Waals surface area contributed by atoms with Crippen LogP contribution in [0, 0.1) is 0 Å². The Kier molecular flexibility index (Phi) is 5.28. The maximum absolute atomic E-state index is 12.2. The Labute approximate surface area is 149 Å². The summed E-state index contributed by atoms with van der Waals surface area (Å²) >= 11 is 0. The zero-order valence-corrected chi connectivity index (χ0v) is 13.9. The summed E-state index contributed by atoms with van der Waals surface area (Å²) in [6, 6.07) is 16.1. The molecule has 0 aliphatic heterocycles. The summed E-state index contributed by atoms with van der Waals surface area (Å²) in [4.78, 5) is 38.8. The van der Waals surface area contributed by atoms with Gasteiger partial charge in [-0.25, -0.2) is 0 Å². The third-order valence-corrected chi connectivity index (χ3v) is 3.82. The van der Waals surface area contributed by atoms with Crippen molar-refractivity contribution in [3.63, 3.8) is 0 Å². The van der Waals surface area contributed by atoms with Gasteiger partial charge in [0.15, 0.2) is 0 Å². The summed E-state index contributed by atoms with van der Waals surface area (Å²) in [5.74, 6) is -1.06. The molecule has 0 unspecified atom stereocenters. The molecule has 1 heterocycles. The van der Waals surface area contributed by atoms with Crippen molar-refractivity contribution in [2.45, 2.75) is 6.42 Å². The molecule has 0 aliphatic rings. The molecule has 0 fully saturated rings. The Morgan fingerprint density at radius 1 is 0.846 bits per heavy atom. The average Bonchev–Trinajstić information content (AvgIpc) is 3.11. The van der Waals surface area contributed by atoms with Crippen molar-refractivity contribution < 1.29 is 14.4 Å². The summed E-state index contributed by atoms with van der Waals surface area (Å²) in [7, 11) is 0. The number of fused-ring (bicyclic) bond motifs is 1. The minimum atomic E-state index is -0.413. The fraction of sp³-hybridized carbons (Fsp3) is 0.105. The molecule has 7 heteroatoms. The number of rotatable bonds is 5. The predicted octanol–water partition coefficient (Wildman–Crippen LogP) is 1.75. The minimum absolute atomic E-state index is 0.0484. The van der Waals surface area contributed by atoms with E-state index in [0.29, 0.717) is 11.1 Å². The fourth-order valence-electron chi connectivity index (χ4n) is 2.50. The lowest BCUT2D eigenvalue weighted by Crippen LogP contribution is -2.42. The maximum atomic E-state index is 12.2. The summed E-state index contributed by atoms with van der Waals surface area (Å²) < 4.78 is 0. The third-order valence-electron chi connectivity index (χ3n) is 3.82. The normalized spacial score (nSPS) is 10.3. The molecule has 1 aromatic heterocycles. The molecule has 26 heavy (non-hydrogen) atoms. The van der Waals surface area contributed by atoms with E-state index < -0.39 is 11.8 Å². The highest BCUT2D eigenvalue weighted by molar-refractivity contribution is 6.07. The first-order valence-electron chi connectivity index (χ1n) is 8.13. The highest BCUT2D eigenvalue weighted by Crippen LogP contribution is 2.17. The second-order valence-electron chi connectivity index (χ2n) is 5.62. The minimum Gasteiger partial charge on any atom is -0.360 e. The van der Waals surface area contributed by atoms with E-state index in [4.69, 9.17) is 0 Å². The molecule has 3 amide bonds. The van der Waals surface area contributed by atoms with E-state index in [1.165, 1.54) is 0 Å².